The van der Waals surface area contributed by atoms with Crippen LogP contribution in [0.15, 0.2) is 66.9 Å². The number of carbonyl (C=O) groups is 1. The number of benzene rings is 2. The number of aromatic nitrogens is 1. The highest BCUT2D eigenvalue weighted by Crippen LogP contribution is 2.20. The SMILES string of the molecule is Cc1cccc(N2CCN(C(=O)c3ccc(Nc4ccc(F)cc4)cn3)CC2)c1. The highest BCUT2D eigenvalue weighted by molar-refractivity contribution is 5.92. The molecule has 0 aliphatic carbocycles. The van der Waals surface area contributed by atoms with E-state index in [4.69, 9.17) is 0 Å². The van der Waals surface area contributed by atoms with Crippen LogP contribution in [0.3, 0.4) is 0 Å². The number of rotatable bonds is 4. The Kier molecular flexibility index (Phi) is 5.42. The van der Waals surface area contributed by atoms with Crippen LogP contribution in [0.4, 0.5) is 21.5 Å². The van der Waals surface area contributed by atoms with Crippen molar-refractivity contribution in [1.29, 1.82) is 0 Å². The van der Waals surface area contributed by atoms with Crippen LogP contribution < -0.4 is 10.2 Å². The van der Waals surface area contributed by atoms with E-state index in [2.05, 4.69) is 46.4 Å². The van der Waals surface area contributed by atoms with Crippen LogP contribution in [0.2, 0.25) is 0 Å². The molecular weight excluding hydrogens is 367 g/mol. The number of nitrogens with one attached hydrogen (secondary N) is 1. The summed E-state index contributed by atoms with van der Waals surface area (Å²) in [6.45, 7) is 5.04. The van der Waals surface area contributed by atoms with E-state index in [9.17, 15) is 9.18 Å². The normalized spacial score (nSPS) is 14.0. The minimum absolute atomic E-state index is 0.0535. The Morgan fingerprint density at radius 2 is 1.69 bits per heavy atom. The molecule has 4 rings (SSSR count). The van der Waals surface area contributed by atoms with Gasteiger partial charge in [-0.15, -0.1) is 0 Å². The van der Waals surface area contributed by atoms with Gasteiger partial charge in [0.2, 0.25) is 0 Å². The molecule has 1 aromatic heterocycles. The first-order chi connectivity index (χ1) is 14.1. The second-order valence-corrected chi connectivity index (χ2v) is 7.18. The number of halogens is 1. The Hall–Kier alpha value is -3.41. The molecule has 0 spiro atoms. The van der Waals surface area contributed by atoms with Crippen LogP contribution in [-0.2, 0) is 0 Å². The molecule has 0 atom stereocenters. The zero-order valence-corrected chi connectivity index (χ0v) is 16.3. The van der Waals surface area contributed by atoms with E-state index in [0.717, 1.165) is 24.5 Å². The van der Waals surface area contributed by atoms with Gasteiger partial charge in [-0.1, -0.05) is 12.1 Å². The van der Waals surface area contributed by atoms with Gasteiger partial charge in [-0.25, -0.2) is 9.37 Å². The van der Waals surface area contributed by atoms with E-state index >= 15 is 0 Å². The second kappa shape index (κ2) is 8.31. The average Bonchev–Trinajstić information content (AvgIpc) is 2.75. The minimum atomic E-state index is -0.280. The van der Waals surface area contributed by atoms with E-state index < -0.39 is 0 Å². The van der Waals surface area contributed by atoms with Crippen LogP contribution in [-0.4, -0.2) is 42.0 Å². The van der Waals surface area contributed by atoms with Gasteiger partial charge in [0.05, 0.1) is 11.9 Å². The Balaban J connectivity index is 1.35. The molecule has 0 bridgehead atoms. The first-order valence-corrected chi connectivity index (χ1v) is 9.68. The van der Waals surface area contributed by atoms with Crippen LogP contribution in [0.1, 0.15) is 16.1 Å². The van der Waals surface area contributed by atoms with Crippen molar-refractivity contribution in [3.05, 3.63) is 83.9 Å². The molecule has 1 fully saturated rings. The number of hydrogen-bond acceptors (Lipinski definition) is 4. The zero-order chi connectivity index (χ0) is 20.2. The van der Waals surface area contributed by atoms with E-state index in [1.807, 2.05) is 11.0 Å². The topological polar surface area (TPSA) is 48.5 Å². The van der Waals surface area contributed by atoms with Crippen molar-refractivity contribution in [2.75, 3.05) is 36.4 Å². The van der Waals surface area contributed by atoms with Gasteiger partial charge in [-0.3, -0.25) is 4.79 Å². The molecule has 0 unspecified atom stereocenters. The maximum Gasteiger partial charge on any atom is 0.272 e. The number of piperazine rings is 1. The predicted octanol–water partition coefficient (Wildman–Crippen LogP) is 4.24. The predicted molar refractivity (Wildman–Crippen MR) is 113 cm³/mol. The Labute approximate surface area is 169 Å². The summed E-state index contributed by atoms with van der Waals surface area (Å²) in [5.74, 6) is -0.334. The summed E-state index contributed by atoms with van der Waals surface area (Å²) in [6, 6.07) is 18.1. The molecule has 6 heteroatoms. The first-order valence-electron chi connectivity index (χ1n) is 9.68. The molecule has 29 heavy (non-hydrogen) atoms. The summed E-state index contributed by atoms with van der Waals surface area (Å²) in [7, 11) is 0. The maximum absolute atomic E-state index is 13.0. The minimum Gasteiger partial charge on any atom is -0.368 e. The summed E-state index contributed by atoms with van der Waals surface area (Å²) < 4.78 is 13.0. The molecule has 5 nitrogen and oxygen atoms in total. The van der Waals surface area contributed by atoms with Crippen molar-refractivity contribution >= 4 is 23.0 Å². The molecule has 0 saturated carbocycles. The molecule has 1 aliphatic heterocycles. The van der Waals surface area contributed by atoms with Gasteiger partial charge < -0.3 is 15.1 Å². The summed E-state index contributed by atoms with van der Waals surface area (Å²) in [5.41, 5.74) is 4.38. The molecular formula is C23H23FN4O. The van der Waals surface area contributed by atoms with Gasteiger partial charge in [0.25, 0.3) is 5.91 Å². The average molecular weight is 390 g/mol. The third-order valence-corrected chi connectivity index (χ3v) is 5.05. The number of carbonyl (C=O) groups excluding carboxylic acids is 1. The fourth-order valence-corrected chi connectivity index (χ4v) is 3.45. The van der Waals surface area contributed by atoms with E-state index in [-0.39, 0.29) is 11.7 Å². The fraction of sp³-hybridized carbons (Fsp3) is 0.217. The standard InChI is InChI=1S/C23H23FN4O/c1-17-3-2-4-21(15-17)27-11-13-28(14-12-27)23(29)22-10-9-20(16-25-22)26-19-7-5-18(24)6-8-19/h2-10,15-16,26H,11-14H2,1H3. The molecule has 2 aromatic carbocycles. The first kappa shape index (κ1) is 18.9. The van der Waals surface area contributed by atoms with Crippen molar-refractivity contribution in [3.63, 3.8) is 0 Å². The van der Waals surface area contributed by atoms with Gasteiger partial charge in [0, 0.05) is 37.6 Å². The summed E-state index contributed by atoms with van der Waals surface area (Å²) in [4.78, 5) is 21.3. The maximum atomic E-state index is 13.0. The lowest BCUT2D eigenvalue weighted by molar-refractivity contribution is 0.0741. The van der Waals surface area contributed by atoms with Crippen LogP contribution in [0.5, 0.6) is 0 Å². The molecule has 2 heterocycles. The molecule has 0 radical (unpaired) electrons. The van der Waals surface area contributed by atoms with Crippen LogP contribution >= 0.6 is 0 Å². The van der Waals surface area contributed by atoms with Crippen molar-refractivity contribution in [2.45, 2.75) is 6.92 Å². The molecule has 1 amide bonds. The zero-order valence-electron chi connectivity index (χ0n) is 16.3. The largest absolute Gasteiger partial charge is 0.368 e. The number of amides is 1. The van der Waals surface area contributed by atoms with Gasteiger partial charge in [0.15, 0.2) is 0 Å². The number of anilines is 3. The quantitative estimate of drug-likeness (QED) is 0.724. The third-order valence-electron chi connectivity index (χ3n) is 5.05. The van der Waals surface area contributed by atoms with E-state index in [1.54, 1.807) is 24.4 Å². The smallest absolute Gasteiger partial charge is 0.272 e. The number of nitrogens with zero attached hydrogens (tertiary/aromatic N) is 3. The summed E-state index contributed by atoms with van der Waals surface area (Å²) in [6.07, 6.45) is 1.62. The lowest BCUT2D eigenvalue weighted by Crippen LogP contribution is -2.49. The summed E-state index contributed by atoms with van der Waals surface area (Å²) >= 11 is 0. The lowest BCUT2D eigenvalue weighted by Gasteiger charge is -2.36. The molecule has 3 aromatic rings. The number of hydrogen-bond donors (Lipinski definition) is 1. The Morgan fingerprint density at radius 1 is 0.966 bits per heavy atom. The lowest BCUT2D eigenvalue weighted by atomic mass is 10.2. The highest BCUT2D eigenvalue weighted by Gasteiger charge is 2.23. The Morgan fingerprint density at radius 3 is 2.34 bits per heavy atom. The Bertz CT molecular complexity index is 981. The third kappa shape index (κ3) is 4.54. The van der Waals surface area contributed by atoms with Crippen LogP contribution in [0.25, 0.3) is 0 Å². The molecule has 148 valence electrons. The van der Waals surface area contributed by atoms with Crippen molar-refractivity contribution in [2.24, 2.45) is 0 Å². The van der Waals surface area contributed by atoms with Gasteiger partial charge >= 0.3 is 0 Å². The molecule has 1 saturated heterocycles. The van der Waals surface area contributed by atoms with E-state index in [0.29, 0.717) is 18.8 Å². The van der Waals surface area contributed by atoms with Gasteiger partial charge in [-0.2, -0.15) is 0 Å². The van der Waals surface area contributed by atoms with Gasteiger partial charge in [-0.05, 0) is 61.0 Å². The fourth-order valence-electron chi connectivity index (χ4n) is 3.45. The molecule has 1 N–H and O–H groups in total. The van der Waals surface area contributed by atoms with Gasteiger partial charge in [0.1, 0.15) is 11.5 Å². The number of pyridine rings is 1. The number of aryl methyl sites for hydroxylation is 1. The second-order valence-electron chi connectivity index (χ2n) is 7.18. The summed E-state index contributed by atoms with van der Waals surface area (Å²) in [5, 5.41) is 3.14. The van der Waals surface area contributed by atoms with Crippen molar-refractivity contribution < 1.29 is 9.18 Å². The highest BCUT2D eigenvalue weighted by atomic mass is 19.1. The van der Waals surface area contributed by atoms with Crippen LogP contribution in [0, 0.1) is 12.7 Å². The molecule has 1 aliphatic rings. The van der Waals surface area contributed by atoms with E-state index in [1.165, 1.54) is 23.4 Å². The van der Waals surface area contributed by atoms with Crippen molar-refractivity contribution in [1.82, 2.24) is 9.88 Å². The monoisotopic (exact) mass is 390 g/mol. The van der Waals surface area contributed by atoms with Crippen molar-refractivity contribution in [3.8, 4) is 0 Å².